The van der Waals surface area contributed by atoms with E-state index in [1.807, 2.05) is 18.2 Å². The van der Waals surface area contributed by atoms with Crippen molar-refractivity contribution < 1.29 is 0 Å². The fourth-order valence-electron chi connectivity index (χ4n) is 0.916. The first-order chi connectivity index (χ1) is 5.77. The van der Waals surface area contributed by atoms with Crippen molar-refractivity contribution in [3.8, 4) is 6.07 Å². The highest BCUT2D eigenvalue weighted by Gasteiger charge is 1.99. The summed E-state index contributed by atoms with van der Waals surface area (Å²) in [4.78, 5) is 0. The van der Waals surface area contributed by atoms with Gasteiger partial charge in [-0.1, -0.05) is 18.2 Å². The summed E-state index contributed by atoms with van der Waals surface area (Å²) in [5.41, 5.74) is 7.31. The van der Waals surface area contributed by atoms with E-state index in [0.717, 1.165) is 5.56 Å². The van der Waals surface area contributed by atoms with Crippen molar-refractivity contribution in [3.05, 3.63) is 48.0 Å². The van der Waals surface area contributed by atoms with Gasteiger partial charge in [0, 0.05) is 6.04 Å². The van der Waals surface area contributed by atoms with Gasteiger partial charge in [-0.15, -0.1) is 6.58 Å². The molecule has 1 aromatic carbocycles. The van der Waals surface area contributed by atoms with Gasteiger partial charge in [0.15, 0.2) is 0 Å². The molecule has 0 aliphatic carbocycles. The van der Waals surface area contributed by atoms with Crippen molar-refractivity contribution in [3.63, 3.8) is 0 Å². The molecule has 0 fully saturated rings. The molecular formula is C10H10N2. The van der Waals surface area contributed by atoms with E-state index in [0.29, 0.717) is 5.56 Å². The second-order valence-corrected chi connectivity index (χ2v) is 2.50. The van der Waals surface area contributed by atoms with Crippen LogP contribution in [0.4, 0.5) is 0 Å². The third-order valence-electron chi connectivity index (χ3n) is 1.68. The van der Waals surface area contributed by atoms with Crippen LogP contribution >= 0.6 is 0 Å². The molecule has 12 heavy (non-hydrogen) atoms. The molecule has 0 aliphatic heterocycles. The van der Waals surface area contributed by atoms with E-state index in [2.05, 4.69) is 6.58 Å². The Hall–Kier alpha value is -1.59. The van der Waals surface area contributed by atoms with Crippen molar-refractivity contribution in [2.75, 3.05) is 0 Å². The first-order valence-corrected chi connectivity index (χ1v) is 3.66. The standard InChI is InChI=1S/C10H10N2/c1-2-10(12)9-5-3-8(7-11)4-6-9/h2-6,10H,1,12H2/t10-/m1/s1. The summed E-state index contributed by atoms with van der Waals surface area (Å²) in [6.07, 6.45) is 1.67. The minimum absolute atomic E-state index is 0.141. The Bertz CT molecular complexity index is 306. The van der Waals surface area contributed by atoms with E-state index >= 15 is 0 Å². The highest BCUT2D eigenvalue weighted by atomic mass is 14.6. The Morgan fingerprint density at radius 2 is 2.00 bits per heavy atom. The molecule has 0 aliphatic rings. The summed E-state index contributed by atoms with van der Waals surface area (Å²) >= 11 is 0. The van der Waals surface area contributed by atoms with Crippen LogP contribution in [0.25, 0.3) is 0 Å². The Morgan fingerprint density at radius 3 is 2.42 bits per heavy atom. The SMILES string of the molecule is C=C[C@@H](N)c1ccc(C#N)cc1. The number of rotatable bonds is 2. The maximum atomic E-state index is 8.52. The Morgan fingerprint density at radius 1 is 1.42 bits per heavy atom. The lowest BCUT2D eigenvalue weighted by atomic mass is 10.1. The summed E-state index contributed by atoms with van der Waals surface area (Å²) in [7, 11) is 0. The molecule has 2 heteroatoms. The van der Waals surface area contributed by atoms with E-state index in [4.69, 9.17) is 11.0 Å². The molecule has 0 unspecified atom stereocenters. The van der Waals surface area contributed by atoms with E-state index in [9.17, 15) is 0 Å². The van der Waals surface area contributed by atoms with Gasteiger partial charge in [-0.05, 0) is 17.7 Å². The largest absolute Gasteiger partial charge is 0.321 e. The summed E-state index contributed by atoms with van der Waals surface area (Å²) in [5.74, 6) is 0. The second kappa shape index (κ2) is 3.70. The molecule has 0 saturated heterocycles. The number of benzene rings is 1. The van der Waals surface area contributed by atoms with Crippen LogP contribution in [0.1, 0.15) is 17.2 Å². The van der Waals surface area contributed by atoms with Gasteiger partial charge in [0.05, 0.1) is 11.6 Å². The van der Waals surface area contributed by atoms with Gasteiger partial charge in [-0.25, -0.2) is 0 Å². The molecule has 1 aromatic rings. The van der Waals surface area contributed by atoms with Crippen LogP contribution in [-0.2, 0) is 0 Å². The van der Waals surface area contributed by atoms with Gasteiger partial charge in [-0.2, -0.15) is 5.26 Å². The lowest BCUT2D eigenvalue weighted by molar-refractivity contribution is 0.914. The van der Waals surface area contributed by atoms with Crippen molar-refractivity contribution >= 4 is 0 Å². The predicted octanol–water partition coefficient (Wildman–Crippen LogP) is 1.74. The number of nitriles is 1. The molecule has 0 heterocycles. The molecule has 0 bridgehead atoms. The average Bonchev–Trinajstić information content (AvgIpc) is 2.17. The lowest BCUT2D eigenvalue weighted by Crippen LogP contribution is -2.05. The second-order valence-electron chi connectivity index (χ2n) is 2.50. The van der Waals surface area contributed by atoms with Gasteiger partial charge in [0.25, 0.3) is 0 Å². The zero-order valence-corrected chi connectivity index (χ0v) is 6.70. The summed E-state index contributed by atoms with van der Waals surface area (Å²) < 4.78 is 0. The molecule has 2 nitrogen and oxygen atoms in total. The van der Waals surface area contributed by atoms with E-state index in [1.54, 1.807) is 18.2 Å². The maximum Gasteiger partial charge on any atom is 0.0991 e. The van der Waals surface area contributed by atoms with Crippen molar-refractivity contribution in [2.24, 2.45) is 5.73 Å². The van der Waals surface area contributed by atoms with Gasteiger partial charge in [-0.3, -0.25) is 0 Å². The zero-order valence-electron chi connectivity index (χ0n) is 6.70. The average molecular weight is 158 g/mol. The molecule has 0 amide bonds. The molecule has 1 rings (SSSR count). The van der Waals surface area contributed by atoms with Crippen LogP contribution in [0.2, 0.25) is 0 Å². The normalized spacial score (nSPS) is 11.7. The minimum Gasteiger partial charge on any atom is -0.321 e. The Kier molecular flexibility index (Phi) is 2.62. The van der Waals surface area contributed by atoms with Crippen LogP contribution in [0, 0.1) is 11.3 Å². The molecule has 1 atom stereocenters. The smallest absolute Gasteiger partial charge is 0.0991 e. The molecule has 60 valence electrons. The van der Waals surface area contributed by atoms with E-state index in [1.165, 1.54) is 0 Å². The summed E-state index contributed by atoms with van der Waals surface area (Å²) in [6, 6.07) is 9.08. The van der Waals surface area contributed by atoms with Gasteiger partial charge < -0.3 is 5.73 Å². The first-order valence-electron chi connectivity index (χ1n) is 3.66. The summed E-state index contributed by atoms with van der Waals surface area (Å²) in [5, 5.41) is 8.52. The van der Waals surface area contributed by atoms with Crippen LogP contribution in [0.5, 0.6) is 0 Å². The monoisotopic (exact) mass is 158 g/mol. The quantitative estimate of drug-likeness (QED) is 0.666. The van der Waals surface area contributed by atoms with Crippen molar-refractivity contribution in [1.29, 1.82) is 5.26 Å². The number of hydrogen-bond donors (Lipinski definition) is 1. The molecule has 0 saturated carbocycles. The van der Waals surface area contributed by atoms with Crippen molar-refractivity contribution in [2.45, 2.75) is 6.04 Å². The van der Waals surface area contributed by atoms with Gasteiger partial charge in [0.1, 0.15) is 0 Å². The lowest BCUT2D eigenvalue weighted by Gasteiger charge is -2.04. The fourth-order valence-corrected chi connectivity index (χ4v) is 0.916. The molecule has 0 spiro atoms. The maximum absolute atomic E-state index is 8.52. The number of hydrogen-bond acceptors (Lipinski definition) is 2. The van der Waals surface area contributed by atoms with E-state index in [-0.39, 0.29) is 6.04 Å². The van der Waals surface area contributed by atoms with Crippen LogP contribution < -0.4 is 5.73 Å². The van der Waals surface area contributed by atoms with Crippen LogP contribution in [0.3, 0.4) is 0 Å². The molecule has 0 radical (unpaired) electrons. The minimum atomic E-state index is -0.141. The van der Waals surface area contributed by atoms with Crippen molar-refractivity contribution in [1.82, 2.24) is 0 Å². The molecular weight excluding hydrogens is 148 g/mol. The topological polar surface area (TPSA) is 49.8 Å². The zero-order chi connectivity index (χ0) is 8.97. The Balaban J connectivity index is 2.93. The van der Waals surface area contributed by atoms with Crippen LogP contribution in [0.15, 0.2) is 36.9 Å². The first kappa shape index (κ1) is 8.51. The number of nitrogens with zero attached hydrogens (tertiary/aromatic N) is 1. The van der Waals surface area contributed by atoms with E-state index < -0.39 is 0 Å². The molecule has 2 N–H and O–H groups in total. The van der Waals surface area contributed by atoms with Gasteiger partial charge in [0.2, 0.25) is 0 Å². The summed E-state index contributed by atoms with van der Waals surface area (Å²) in [6.45, 7) is 3.59. The number of nitrogens with two attached hydrogens (primary N) is 1. The highest BCUT2D eigenvalue weighted by Crippen LogP contribution is 2.11. The predicted molar refractivity (Wildman–Crippen MR) is 48.3 cm³/mol. The third kappa shape index (κ3) is 1.71. The molecule has 0 aromatic heterocycles. The Labute approximate surface area is 71.9 Å². The fraction of sp³-hybridized carbons (Fsp3) is 0.100. The van der Waals surface area contributed by atoms with Gasteiger partial charge >= 0.3 is 0 Å². The van der Waals surface area contributed by atoms with Crippen LogP contribution in [-0.4, -0.2) is 0 Å². The highest BCUT2D eigenvalue weighted by molar-refractivity contribution is 5.33. The third-order valence-corrected chi connectivity index (χ3v) is 1.68.